The molecular formula is C13H18N2O3S. The predicted molar refractivity (Wildman–Crippen MR) is 72.5 cm³/mol. The van der Waals surface area contributed by atoms with Crippen molar-refractivity contribution in [2.24, 2.45) is 0 Å². The molecule has 2 rings (SSSR count). The molecule has 5 nitrogen and oxygen atoms in total. The normalized spacial score (nSPS) is 16.5. The van der Waals surface area contributed by atoms with Gasteiger partial charge in [0.1, 0.15) is 0 Å². The van der Waals surface area contributed by atoms with E-state index in [1.165, 1.54) is 21.3 Å². The van der Waals surface area contributed by atoms with E-state index in [9.17, 15) is 13.2 Å². The third kappa shape index (κ3) is 2.79. The van der Waals surface area contributed by atoms with Crippen LogP contribution in [0.25, 0.3) is 0 Å². The Morgan fingerprint density at radius 1 is 1.11 bits per heavy atom. The smallest absolute Gasteiger partial charge is 0.253 e. The van der Waals surface area contributed by atoms with Gasteiger partial charge in [0.25, 0.3) is 5.91 Å². The first kappa shape index (κ1) is 14.0. The van der Waals surface area contributed by atoms with Crippen molar-refractivity contribution in [1.82, 2.24) is 9.21 Å². The predicted octanol–water partition coefficient (Wildman–Crippen LogP) is 1.17. The Balaban J connectivity index is 2.25. The largest absolute Gasteiger partial charge is 0.345 e. The molecule has 0 N–H and O–H groups in total. The zero-order valence-corrected chi connectivity index (χ0v) is 12.0. The molecule has 0 unspecified atom stereocenters. The minimum atomic E-state index is -3.39. The summed E-state index contributed by atoms with van der Waals surface area (Å²) in [4.78, 5) is 13.4. The number of nitrogens with zero attached hydrogens (tertiary/aromatic N) is 2. The Bertz CT molecular complexity index is 558. The number of sulfonamides is 1. The molecule has 1 heterocycles. The van der Waals surface area contributed by atoms with Crippen LogP contribution in [0.15, 0.2) is 29.2 Å². The van der Waals surface area contributed by atoms with E-state index in [4.69, 9.17) is 0 Å². The average molecular weight is 282 g/mol. The van der Waals surface area contributed by atoms with Gasteiger partial charge in [0.2, 0.25) is 10.0 Å². The lowest BCUT2D eigenvalue weighted by atomic mass is 10.2. The molecule has 1 amide bonds. The van der Waals surface area contributed by atoms with Gasteiger partial charge in [-0.15, -0.1) is 0 Å². The van der Waals surface area contributed by atoms with Crippen molar-refractivity contribution in [2.75, 3.05) is 27.2 Å². The van der Waals surface area contributed by atoms with E-state index in [0.717, 1.165) is 12.8 Å². The van der Waals surface area contributed by atoms with Gasteiger partial charge in [-0.05, 0) is 37.1 Å². The summed E-state index contributed by atoms with van der Waals surface area (Å²) in [5.41, 5.74) is 0.491. The maximum Gasteiger partial charge on any atom is 0.253 e. The maximum atomic E-state index is 12.3. The number of amides is 1. The van der Waals surface area contributed by atoms with Crippen LogP contribution in [-0.4, -0.2) is 50.7 Å². The summed E-state index contributed by atoms with van der Waals surface area (Å²) in [5.74, 6) is -0.134. The van der Waals surface area contributed by atoms with Crippen molar-refractivity contribution < 1.29 is 13.2 Å². The van der Waals surface area contributed by atoms with Gasteiger partial charge in [-0.2, -0.15) is 4.31 Å². The summed E-state index contributed by atoms with van der Waals surface area (Å²) in [6, 6.07) is 6.13. The van der Waals surface area contributed by atoms with Gasteiger partial charge < -0.3 is 4.90 Å². The van der Waals surface area contributed by atoms with Crippen LogP contribution in [0.2, 0.25) is 0 Å². The van der Waals surface area contributed by atoms with Gasteiger partial charge in [-0.25, -0.2) is 8.42 Å². The van der Waals surface area contributed by atoms with Crippen LogP contribution in [0.1, 0.15) is 23.2 Å². The molecule has 1 aromatic carbocycles. The van der Waals surface area contributed by atoms with Crippen LogP contribution in [0.5, 0.6) is 0 Å². The fourth-order valence-electron chi connectivity index (χ4n) is 2.11. The van der Waals surface area contributed by atoms with Crippen molar-refractivity contribution in [1.29, 1.82) is 0 Å². The summed E-state index contributed by atoms with van der Waals surface area (Å²) < 4.78 is 26.1. The Hall–Kier alpha value is -1.40. The van der Waals surface area contributed by atoms with Crippen LogP contribution in [0, 0.1) is 0 Å². The molecule has 0 aromatic heterocycles. The fraction of sp³-hybridized carbons (Fsp3) is 0.462. The van der Waals surface area contributed by atoms with Crippen LogP contribution in [-0.2, 0) is 10.0 Å². The molecule has 1 saturated heterocycles. The quantitative estimate of drug-likeness (QED) is 0.836. The van der Waals surface area contributed by atoms with E-state index >= 15 is 0 Å². The summed E-state index contributed by atoms with van der Waals surface area (Å²) in [6.07, 6.45) is 1.83. The molecule has 1 aliphatic heterocycles. The van der Waals surface area contributed by atoms with Crippen LogP contribution in [0.3, 0.4) is 0 Å². The van der Waals surface area contributed by atoms with Gasteiger partial charge >= 0.3 is 0 Å². The van der Waals surface area contributed by atoms with Gasteiger partial charge in [0.15, 0.2) is 0 Å². The van der Waals surface area contributed by atoms with Crippen molar-refractivity contribution in [2.45, 2.75) is 17.7 Å². The zero-order valence-electron chi connectivity index (χ0n) is 11.2. The molecule has 1 aromatic rings. The van der Waals surface area contributed by atoms with Gasteiger partial charge in [-0.1, -0.05) is 0 Å². The lowest BCUT2D eigenvalue weighted by molar-refractivity contribution is 0.0827. The van der Waals surface area contributed by atoms with E-state index in [-0.39, 0.29) is 10.8 Å². The molecule has 1 aliphatic rings. The molecule has 0 aliphatic carbocycles. The topological polar surface area (TPSA) is 57.7 Å². The summed E-state index contributed by atoms with van der Waals surface area (Å²) in [5, 5.41) is 0. The van der Waals surface area contributed by atoms with Crippen LogP contribution in [0.4, 0.5) is 0 Å². The van der Waals surface area contributed by atoms with Crippen molar-refractivity contribution in [3.05, 3.63) is 29.8 Å². The second-order valence-electron chi connectivity index (χ2n) is 4.84. The Labute approximate surface area is 113 Å². The molecule has 19 heavy (non-hydrogen) atoms. The molecule has 0 atom stereocenters. The van der Waals surface area contributed by atoms with E-state index in [2.05, 4.69) is 0 Å². The second kappa shape index (κ2) is 5.30. The first-order valence-electron chi connectivity index (χ1n) is 6.25. The SMILES string of the molecule is CN(C)C(=O)c1ccc(S(=O)(=O)N2CCCC2)cc1. The van der Waals surface area contributed by atoms with E-state index in [0.29, 0.717) is 18.7 Å². The molecule has 0 radical (unpaired) electrons. The minimum absolute atomic E-state index is 0.134. The molecule has 1 fully saturated rings. The minimum Gasteiger partial charge on any atom is -0.345 e. The molecule has 6 heteroatoms. The summed E-state index contributed by atoms with van der Waals surface area (Å²) >= 11 is 0. The fourth-order valence-corrected chi connectivity index (χ4v) is 3.62. The number of hydrogen-bond donors (Lipinski definition) is 0. The highest BCUT2D eigenvalue weighted by Gasteiger charge is 2.27. The van der Waals surface area contributed by atoms with Gasteiger partial charge in [0, 0.05) is 32.7 Å². The van der Waals surface area contributed by atoms with Crippen molar-refractivity contribution >= 4 is 15.9 Å². The molecule has 0 saturated carbocycles. The number of hydrogen-bond acceptors (Lipinski definition) is 3. The summed E-state index contributed by atoms with van der Waals surface area (Å²) in [6.45, 7) is 1.17. The Morgan fingerprint density at radius 3 is 2.11 bits per heavy atom. The highest BCUT2D eigenvalue weighted by Crippen LogP contribution is 2.21. The van der Waals surface area contributed by atoms with Crippen LogP contribution >= 0.6 is 0 Å². The maximum absolute atomic E-state index is 12.3. The molecular weight excluding hydrogens is 264 g/mol. The van der Waals surface area contributed by atoms with Crippen molar-refractivity contribution in [3.63, 3.8) is 0 Å². The first-order chi connectivity index (χ1) is 8.93. The number of benzene rings is 1. The number of carbonyl (C=O) groups is 1. The molecule has 0 spiro atoms. The average Bonchev–Trinajstić information content (AvgIpc) is 2.92. The zero-order chi connectivity index (χ0) is 14.0. The van der Waals surface area contributed by atoms with E-state index in [1.54, 1.807) is 26.2 Å². The van der Waals surface area contributed by atoms with E-state index in [1.807, 2.05) is 0 Å². The van der Waals surface area contributed by atoms with Crippen LogP contribution < -0.4 is 0 Å². The summed E-state index contributed by atoms with van der Waals surface area (Å²) in [7, 11) is -0.0652. The van der Waals surface area contributed by atoms with Gasteiger partial charge in [0.05, 0.1) is 4.90 Å². The highest BCUT2D eigenvalue weighted by atomic mass is 32.2. The first-order valence-corrected chi connectivity index (χ1v) is 7.69. The van der Waals surface area contributed by atoms with E-state index < -0.39 is 10.0 Å². The number of carbonyl (C=O) groups excluding carboxylic acids is 1. The molecule has 0 bridgehead atoms. The Kier molecular flexibility index (Phi) is 3.91. The lowest BCUT2D eigenvalue weighted by Crippen LogP contribution is -2.28. The second-order valence-corrected chi connectivity index (χ2v) is 6.77. The third-order valence-electron chi connectivity index (χ3n) is 3.21. The Morgan fingerprint density at radius 2 is 1.63 bits per heavy atom. The van der Waals surface area contributed by atoms with Gasteiger partial charge in [-0.3, -0.25) is 4.79 Å². The highest BCUT2D eigenvalue weighted by molar-refractivity contribution is 7.89. The molecule has 104 valence electrons. The van der Waals surface area contributed by atoms with Crippen molar-refractivity contribution in [3.8, 4) is 0 Å². The third-order valence-corrected chi connectivity index (χ3v) is 5.12. The standard InChI is InChI=1S/C13H18N2O3S/c1-14(2)13(16)11-5-7-12(8-6-11)19(17,18)15-9-3-4-10-15/h5-8H,3-4,9-10H2,1-2H3. The monoisotopic (exact) mass is 282 g/mol. The number of rotatable bonds is 3. The lowest BCUT2D eigenvalue weighted by Gasteiger charge is -2.16.